The average Bonchev–Trinajstić information content (AvgIpc) is 3.14. The molecule has 0 saturated carbocycles. The highest BCUT2D eigenvalue weighted by Gasteiger charge is 2.39. The van der Waals surface area contributed by atoms with Crippen LogP contribution in [0.4, 0.5) is 11.4 Å². The van der Waals surface area contributed by atoms with Gasteiger partial charge >= 0.3 is 0 Å². The number of alkyl halides is 2. The lowest BCUT2D eigenvalue weighted by Crippen LogP contribution is -2.30. The normalized spacial score (nSPS) is 22.0. The van der Waals surface area contributed by atoms with Gasteiger partial charge in [0.15, 0.2) is 0 Å². The van der Waals surface area contributed by atoms with Crippen LogP contribution in [0.2, 0.25) is 0 Å². The molecule has 8 nitrogen and oxygen atoms in total. The van der Waals surface area contributed by atoms with E-state index < -0.39 is 44.2 Å². The highest BCUT2D eigenvalue weighted by atomic mass is 35.5. The van der Waals surface area contributed by atoms with Crippen LogP contribution in [0.25, 0.3) is 0 Å². The van der Waals surface area contributed by atoms with Gasteiger partial charge in [0.25, 0.3) is 11.8 Å². The molecule has 0 radical (unpaired) electrons. The second-order valence-corrected chi connectivity index (χ2v) is 9.97. The number of rotatable bonds is 4. The fourth-order valence-corrected chi connectivity index (χ4v) is 5.14. The molecule has 2 fully saturated rings. The molecule has 2 atom stereocenters. The van der Waals surface area contributed by atoms with Crippen LogP contribution >= 0.6 is 23.2 Å². The fraction of sp³-hybridized carbons (Fsp3) is 0.200. The number of carbonyl (C=O) groups is 4. The van der Waals surface area contributed by atoms with E-state index >= 15 is 0 Å². The Morgan fingerprint density at radius 2 is 0.968 bits per heavy atom. The van der Waals surface area contributed by atoms with Gasteiger partial charge in [-0.2, -0.15) is 0 Å². The van der Waals surface area contributed by atoms with Crippen molar-refractivity contribution >= 4 is 68.0 Å². The number of hydrogen-bond acceptors (Lipinski definition) is 6. The van der Waals surface area contributed by atoms with Crippen molar-refractivity contribution in [1.29, 1.82) is 0 Å². The molecular weight excluding hydrogens is 467 g/mol. The van der Waals surface area contributed by atoms with Gasteiger partial charge < -0.3 is 0 Å². The van der Waals surface area contributed by atoms with Gasteiger partial charge in [0, 0.05) is 0 Å². The van der Waals surface area contributed by atoms with Crippen molar-refractivity contribution in [2.75, 3.05) is 9.80 Å². The summed E-state index contributed by atoms with van der Waals surface area (Å²) in [5, 5.41) is -1.87. The third kappa shape index (κ3) is 3.62. The Hall–Kier alpha value is -2.75. The molecule has 2 aromatic rings. The van der Waals surface area contributed by atoms with Gasteiger partial charge in [-0.05, 0) is 48.5 Å². The lowest BCUT2D eigenvalue weighted by molar-refractivity contribution is -0.122. The van der Waals surface area contributed by atoms with Crippen molar-refractivity contribution in [2.45, 2.75) is 33.4 Å². The molecule has 2 aliphatic rings. The number of anilines is 2. The van der Waals surface area contributed by atoms with Crippen LogP contribution in [0.5, 0.6) is 0 Å². The Labute approximate surface area is 187 Å². The van der Waals surface area contributed by atoms with Crippen LogP contribution in [-0.4, -0.2) is 42.8 Å². The minimum atomic E-state index is -3.92. The summed E-state index contributed by atoms with van der Waals surface area (Å²) in [6, 6.07) is 10.6. The van der Waals surface area contributed by atoms with Crippen molar-refractivity contribution in [3.05, 3.63) is 48.5 Å². The van der Waals surface area contributed by atoms with Crippen LogP contribution in [-0.2, 0) is 29.0 Å². The summed E-state index contributed by atoms with van der Waals surface area (Å²) < 4.78 is 25.8. The number of benzene rings is 2. The lowest BCUT2D eigenvalue weighted by Gasteiger charge is -2.15. The predicted octanol–water partition coefficient (Wildman–Crippen LogP) is 2.26. The molecule has 0 aliphatic carbocycles. The molecule has 2 aliphatic heterocycles. The van der Waals surface area contributed by atoms with E-state index in [0.717, 1.165) is 9.80 Å². The quantitative estimate of drug-likeness (QED) is 0.490. The van der Waals surface area contributed by atoms with E-state index in [1.165, 1.54) is 48.5 Å². The fourth-order valence-electron chi connectivity index (χ4n) is 3.42. The van der Waals surface area contributed by atoms with Crippen LogP contribution in [0.3, 0.4) is 0 Å². The molecule has 0 spiro atoms. The summed E-state index contributed by atoms with van der Waals surface area (Å²) in [6.45, 7) is 0. The lowest BCUT2D eigenvalue weighted by atomic mass is 10.3. The molecule has 4 rings (SSSR count). The number of imide groups is 2. The standard InChI is InChI=1S/C20H14Cl2N2O6S/c21-15-9-17(25)23(19(15)27)11-1-5-13(6-2-11)31(29,30)14-7-3-12(4-8-14)24-18(26)10-16(22)20(24)28/h1-8,15-16H,9-10H2. The average molecular weight is 481 g/mol. The Kier molecular flexibility index (Phi) is 5.36. The van der Waals surface area contributed by atoms with Crippen LogP contribution in [0, 0.1) is 0 Å². The van der Waals surface area contributed by atoms with Crippen LogP contribution < -0.4 is 9.80 Å². The number of nitrogens with zero attached hydrogens (tertiary/aromatic N) is 2. The van der Waals surface area contributed by atoms with Gasteiger partial charge in [-0.3, -0.25) is 19.2 Å². The molecule has 31 heavy (non-hydrogen) atoms. The van der Waals surface area contributed by atoms with Gasteiger partial charge in [0.1, 0.15) is 10.8 Å². The third-order valence-electron chi connectivity index (χ3n) is 4.99. The van der Waals surface area contributed by atoms with Crippen molar-refractivity contribution in [2.24, 2.45) is 0 Å². The molecule has 2 unspecified atom stereocenters. The third-order valence-corrected chi connectivity index (χ3v) is 7.46. The van der Waals surface area contributed by atoms with E-state index in [-0.39, 0.29) is 34.0 Å². The van der Waals surface area contributed by atoms with Crippen molar-refractivity contribution in [3.63, 3.8) is 0 Å². The van der Waals surface area contributed by atoms with E-state index in [1.54, 1.807) is 0 Å². The second kappa shape index (κ2) is 7.74. The van der Waals surface area contributed by atoms with E-state index in [1.807, 2.05) is 0 Å². The van der Waals surface area contributed by atoms with Crippen molar-refractivity contribution in [3.8, 4) is 0 Å². The maximum Gasteiger partial charge on any atom is 0.252 e. The molecule has 11 heteroatoms. The summed E-state index contributed by atoms with van der Waals surface area (Å²) >= 11 is 11.6. The highest BCUT2D eigenvalue weighted by molar-refractivity contribution is 7.91. The summed E-state index contributed by atoms with van der Waals surface area (Å²) in [5.74, 6) is -2.02. The van der Waals surface area contributed by atoms with Crippen LogP contribution in [0.1, 0.15) is 12.8 Å². The van der Waals surface area contributed by atoms with Gasteiger partial charge in [0.05, 0.1) is 34.0 Å². The minimum Gasteiger partial charge on any atom is -0.274 e. The highest BCUT2D eigenvalue weighted by Crippen LogP contribution is 2.30. The minimum absolute atomic E-state index is 0.0559. The van der Waals surface area contributed by atoms with E-state index in [0.29, 0.717) is 0 Å². The molecular formula is C20H14Cl2N2O6S. The molecule has 2 aromatic carbocycles. The topological polar surface area (TPSA) is 109 Å². The summed E-state index contributed by atoms with van der Waals surface area (Å²) in [6.07, 6.45) is -0.224. The number of hydrogen-bond donors (Lipinski definition) is 0. The Morgan fingerprint density at radius 1 is 0.645 bits per heavy atom. The zero-order valence-corrected chi connectivity index (χ0v) is 18.0. The SMILES string of the molecule is O=C1CC(Cl)C(=O)N1c1ccc(S(=O)(=O)c2ccc(N3C(=O)CC(Cl)C3=O)cc2)cc1. The van der Waals surface area contributed by atoms with Gasteiger partial charge in [-0.1, -0.05) is 0 Å². The molecule has 4 amide bonds. The number of sulfone groups is 1. The largest absolute Gasteiger partial charge is 0.274 e. The molecule has 0 aromatic heterocycles. The first-order valence-electron chi connectivity index (χ1n) is 9.08. The van der Waals surface area contributed by atoms with E-state index in [4.69, 9.17) is 23.2 Å². The predicted molar refractivity (Wildman–Crippen MR) is 112 cm³/mol. The first-order chi connectivity index (χ1) is 14.6. The van der Waals surface area contributed by atoms with Crippen molar-refractivity contribution < 1.29 is 27.6 Å². The molecule has 2 saturated heterocycles. The zero-order chi connectivity index (χ0) is 22.5. The van der Waals surface area contributed by atoms with Gasteiger partial charge in [0.2, 0.25) is 21.7 Å². The Morgan fingerprint density at radius 3 is 1.23 bits per heavy atom. The smallest absolute Gasteiger partial charge is 0.252 e. The summed E-state index contributed by atoms with van der Waals surface area (Å²) in [7, 11) is -3.92. The van der Waals surface area contributed by atoms with Crippen LogP contribution in [0.15, 0.2) is 58.3 Å². The summed E-state index contributed by atoms with van der Waals surface area (Å²) in [4.78, 5) is 49.7. The Bertz CT molecular complexity index is 1120. The van der Waals surface area contributed by atoms with Gasteiger partial charge in [-0.25, -0.2) is 18.2 Å². The number of halogens is 2. The molecule has 0 N–H and O–H groups in total. The van der Waals surface area contributed by atoms with E-state index in [2.05, 4.69) is 0 Å². The molecule has 160 valence electrons. The number of carbonyl (C=O) groups excluding carboxylic acids is 4. The van der Waals surface area contributed by atoms with Gasteiger partial charge in [-0.15, -0.1) is 23.2 Å². The van der Waals surface area contributed by atoms with Crippen molar-refractivity contribution in [1.82, 2.24) is 0 Å². The van der Waals surface area contributed by atoms with E-state index in [9.17, 15) is 27.6 Å². The number of amides is 4. The maximum atomic E-state index is 12.9. The monoisotopic (exact) mass is 480 g/mol. The first kappa shape index (κ1) is 21.5. The molecule has 2 heterocycles. The Balaban J connectivity index is 1.59. The second-order valence-electron chi connectivity index (χ2n) is 6.97. The summed E-state index contributed by atoms with van der Waals surface area (Å²) in [5.41, 5.74) is 0.461. The first-order valence-corrected chi connectivity index (χ1v) is 11.4. The molecule has 0 bridgehead atoms. The zero-order valence-electron chi connectivity index (χ0n) is 15.7. The maximum absolute atomic E-state index is 12.9.